The number of anilines is 3. The molecule has 0 aliphatic heterocycles. The molecule has 7 heteroatoms. The second kappa shape index (κ2) is 6.94. The number of benzene rings is 1. The highest BCUT2D eigenvalue weighted by atomic mass is 32.2. The minimum Gasteiger partial charge on any atom is -0.383 e. The van der Waals surface area contributed by atoms with Crippen molar-refractivity contribution < 1.29 is 4.79 Å². The standard InChI is InChI=1S/C14H17N5OS/c1-2-9-3-5-10(6-4-9)17-13(20)8-21-14-18-11(15)7-12(16)19-14/h3-7H,2,8H2,1H3,(H,17,20)(H4,15,16,18,19). The van der Waals surface area contributed by atoms with Gasteiger partial charge in [0.15, 0.2) is 5.16 Å². The lowest BCUT2D eigenvalue weighted by Gasteiger charge is -2.06. The van der Waals surface area contributed by atoms with Crippen molar-refractivity contribution in [3.8, 4) is 0 Å². The number of nitrogens with one attached hydrogen (secondary N) is 1. The molecule has 1 aromatic carbocycles. The number of hydrogen-bond donors (Lipinski definition) is 3. The number of aromatic nitrogens is 2. The van der Waals surface area contributed by atoms with Gasteiger partial charge in [-0.2, -0.15) is 0 Å². The van der Waals surface area contributed by atoms with E-state index in [1.54, 1.807) is 0 Å². The van der Waals surface area contributed by atoms with Gasteiger partial charge in [-0.15, -0.1) is 0 Å². The Labute approximate surface area is 127 Å². The van der Waals surface area contributed by atoms with E-state index in [0.717, 1.165) is 12.1 Å². The predicted octanol–water partition coefficient (Wildman–Crippen LogP) is 1.93. The molecule has 21 heavy (non-hydrogen) atoms. The van der Waals surface area contributed by atoms with Crippen molar-refractivity contribution in [3.05, 3.63) is 35.9 Å². The molecule has 0 aliphatic rings. The Kier molecular flexibility index (Phi) is 4.99. The number of nitrogens with two attached hydrogens (primary N) is 2. The molecule has 0 bridgehead atoms. The van der Waals surface area contributed by atoms with Gasteiger partial charge < -0.3 is 16.8 Å². The third-order valence-corrected chi connectivity index (χ3v) is 3.57. The molecular weight excluding hydrogens is 286 g/mol. The summed E-state index contributed by atoms with van der Waals surface area (Å²) in [5, 5.41) is 3.21. The normalized spacial score (nSPS) is 10.3. The molecule has 0 atom stereocenters. The number of amides is 1. The summed E-state index contributed by atoms with van der Waals surface area (Å²) >= 11 is 1.19. The van der Waals surface area contributed by atoms with Crippen LogP contribution in [0.4, 0.5) is 17.3 Å². The van der Waals surface area contributed by atoms with Crippen molar-refractivity contribution in [3.63, 3.8) is 0 Å². The van der Waals surface area contributed by atoms with Crippen LogP contribution in [0.1, 0.15) is 12.5 Å². The highest BCUT2D eigenvalue weighted by molar-refractivity contribution is 7.99. The molecule has 0 aliphatic carbocycles. The zero-order valence-corrected chi connectivity index (χ0v) is 12.5. The van der Waals surface area contributed by atoms with Gasteiger partial charge in [-0.25, -0.2) is 9.97 Å². The van der Waals surface area contributed by atoms with E-state index < -0.39 is 0 Å². The SMILES string of the molecule is CCc1ccc(NC(=O)CSc2nc(N)cc(N)n2)cc1. The van der Waals surface area contributed by atoms with Gasteiger partial charge in [0.25, 0.3) is 0 Å². The monoisotopic (exact) mass is 303 g/mol. The summed E-state index contributed by atoms with van der Waals surface area (Å²) < 4.78 is 0. The topological polar surface area (TPSA) is 107 Å². The first kappa shape index (κ1) is 15.1. The van der Waals surface area contributed by atoms with Crippen molar-refractivity contribution in [2.75, 3.05) is 22.5 Å². The van der Waals surface area contributed by atoms with E-state index in [1.807, 2.05) is 24.3 Å². The van der Waals surface area contributed by atoms with Gasteiger partial charge >= 0.3 is 0 Å². The van der Waals surface area contributed by atoms with Crippen LogP contribution in [0.3, 0.4) is 0 Å². The average Bonchev–Trinajstić information content (AvgIpc) is 2.45. The average molecular weight is 303 g/mol. The lowest BCUT2D eigenvalue weighted by Crippen LogP contribution is -2.14. The third kappa shape index (κ3) is 4.64. The largest absolute Gasteiger partial charge is 0.383 e. The van der Waals surface area contributed by atoms with Crippen molar-refractivity contribution in [1.82, 2.24) is 9.97 Å². The Morgan fingerprint density at radius 1 is 1.19 bits per heavy atom. The van der Waals surface area contributed by atoms with Crippen LogP contribution in [0.5, 0.6) is 0 Å². The maximum atomic E-state index is 11.9. The van der Waals surface area contributed by atoms with Crippen LogP contribution in [-0.4, -0.2) is 21.6 Å². The van der Waals surface area contributed by atoms with Gasteiger partial charge in [-0.1, -0.05) is 30.8 Å². The summed E-state index contributed by atoms with van der Waals surface area (Å²) in [6.07, 6.45) is 0.971. The molecule has 110 valence electrons. The summed E-state index contributed by atoms with van der Waals surface area (Å²) in [6.45, 7) is 2.08. The van der Waals surface area contributed by atoms with Gasteiger partial charge in [0.1, 0.15) is 11.6 Å². The Morgan fingerprint density at radius 2 is 1.81 bits per heavy atom. The maximum Gasteiger partial charge on any atom is 0.234 e. The molecule has 1 amide bonds. The van der Waals surface area contributed by atoms with Gasteiger partial charge in [0, 0.05) is 11.8 Å². The minimum atomic E-state index is -0.131. The van der Waals surface area contributed by atoms with Crippen LogP contribution < -0.4 is 16.8 Å². The Hall–Kier alpha value is -2.28. The zero-order chi connectivity index (χ0) is 15.2. The van der Waals surface area contributed by atoms with E-state index in [2.05, 4.69) is 22.2 Å². The van der Waals surface area contributed by atoms with Crippen LogP contribution in [-0.2, 0) is 11.2 Å². The fraction of sp³-hybridized carbons (Fsp3) is 0.214. The zero-order valence-electron chi connectivity index (χ0n) is 11.7. The lowest BCUT2D eigenvalue weighted by atomic mass is 10.1. The van der Waals surface area contributed by atoms with E-state index in [9.17, 15) is 4.79 Å². The highest BCUT2D eigenvalue weighted by Crippen LogP contribution is 2.17. The molecule has 5 N–H and O–H groups in total. The molecule has 2 rings (SSSR count). The van der Waals surface area contributed by atoms with Crippen molar-refractivity contribution >= 4 is 35.0 Å². The fourth-order valence-corrected chi connectivity index (χ4v) is 2.35. The Balaban J connectivity index is 1.89. The number of rotatable bonds is 5. The van der Waals surface area contributed by atoms with Crippen LogP contribution in [0, 0.1) is 0 Å². The van der Waals surface area contributed by atoms with Crippen LogP contribution in [0.2, 0.25) is 0 Å². The third-order valence-electron chi connectivity index (χ3n) is 2.72. The fourth-order valence-electron chi connectivity index (χ4n) is 1.68. The van der Waals surface area contributed by atoms with Gasteiger partial charge in [0.2, 0.25) is 5.91 Å². The van der Waals surface area contributed by atoms with Crippen molar-refractivity contribution in [2.45, 2.75) is 18.5 Å². The van der Waals surface area contributed by atoms with E-state index in [0.29, 0.717) is 16.8 Å². The first-order valence-corrected chi connectivity index (χ1v) is 7.47. The van der Waals surface area contributed by atoms with Crippen LogP contribution in [0.25, 0.3) is 0 Å². The second-order valence-corrected chi connectivity index (χ2v) is 5.33. The Morgan fingerprint density at radius 3 is 2.38 bits per heavy atom. The summed E-state index contributed by atoms with van der Waals surface area (Å²) in [7, 11) is 0. The quantitative estimate of drug-likeness (QED) is 0.575. The summed E-state index contributed by atoms with van der Waals surface area (Å²) in [6, 6.07) is 9.22. The number of thioether (sulfide) groups is 1. The number of carbonyl (C=O) groups is 1. The van der Waals surface area contributed by atoms with Gasteiger partial charge in [-0.05, 0) is 24.1 Å². The number of carbonyl (C=O) groups excluding carboxylic acids is 1. The molecule has 0 radical (unpaired) electrons. The van der Waals surface area contributed by atoms with Crippen molar-refractivity contribution in [1.29, 1.82) is 0 Å². The number of hydrogen-bond acceptors (Lipinski definition) is 6. The molecule has 0 saturated carbocycles. The van der Waals surface area contributed by atoms with E-state index in [4.69, 9.17) is 11.5 Å². The predicted molar refractivity (Wildman–Crippen MR) is 86.0 cm³/mol. The smallest absolute Gasteiger partial charge is 0.234 e. The molecule has 0 unspecified atom stereocenters. The second-order valence-electron chi connectivity index (χ2n) is 4.39. The van der Waals surface area contributed by atoms with Gasteiger partial charge in [-0.3, -0.25) is 4.79 Å². The molecule has 1 aromatic heterocycles. The minimum absolute atomic E-state index is 0.131. The number of aryl methyl sites for hydroxylation is 1. The molecule has 2 aromatic rings. The van der Waals surface area contributed by atoms with E-state index in [1.165, 1.54) is 23.4 Å². The summed E-state index contributed by atoms with van der Waals surface area (Å²) in [5.41, 5.74) is 13.1. The molecule has 0 fully saturated rings. The lowest BCUT2D eigenvalue weighted by molar-refractivity contribution is -0.113. The summed E-state index contributed by atoms with van der Waals surface area (Å²) in [4.78, 5) is 19.9. The van der Waals surface area contributed by atoms with E-state index >= 15 is 0 Å². The van der Waals surface area contributed by atoms with Crippen molar-refractivity contribution in [2.24, 2.45) is 0 Å². The molecule has 0 spiro atoms. The first-order chi connectivity index (χ1) is 10.1. The van der Waals surface area contributed by atoms with Gasteiger partial charge in [0.05, 0.1) is 5.75 Å². The number of nitrogen functional groups attached to an aromatic ring is 2. The maximum absolute atomic E-state index is 11.9. The van der Waals surface area contributed by atoms with Crippen LogP contribution in [0.15, 0.2) is 35.5 Å². The number of nitrogens with zero attached hydrogens (tertiary/aromatic N) is 2. The molecule has 1 heterocycles. The summed E-state index contributed by atoms with van der Waals surface area (Å²) in [5.74, 6) is 0.647. The van der Waals surface area contributed by atoms with E-state index in [-0.39, 0.29) is 11.7 Å². The molecule has 6 nitrogen and oxygen atoms in total. The Bertz CT molecular complexity index is 610. The molecular formula is C14H17N5OS. The van der Waals surface area contributed by atoms with Crippen LogP contribution >= 0.6 is 11.8 Å². The first-order valence-electron chi connectivity index (χ1n) is 6.48. The molecule has 0 saturated heterocycles. The highest BCUT2D eigenvalue weighted by Gasteiger charge is 2.07.